The first-order chi connectivity index (χ1) is 15.8. The van der Waals surface area contributed by atoms with E-state index in [4.69, 9.17) is 12.2 Å². The first-order valence-corrected chi connectivity index (χ1v) is 10.6. The minimum absolute atomic E-state index is 0.0243. The van der Waals surface area contributed by atoms with Crippen molar-refractivity contribution >= 4 is 46.1 Å². The van der Waals surface area contributed by atoms with Crippen LogP contribution in [0.15, 0.2) is 47.8 Å². The fourth-order valence-corrected chi connectivity index (χ4v) is 3.50. The molecule has 0 saturated heterocycles. The summed E-state index contributed by atoms with van der Waals surface area (Å²) in [6, 6.07) is 6.66. The van der Waals surface area contributed by atoms with Crippen molar-refractivity contribution < 1.29 is 31.1 Å². The van der Waals surface area contributed by atoms with E-state index in [-0.39, 0.29) is 22.4 Å². The van der Waals surface area contributed by atoms with Gasteiger partial charge in [-0.1, -0.05) is 4.49 Å². The molecule has 0 aliphatic carbocycles. The number of hydrogen-bond acceptors (Lipinski definition) is 5. The highest BCUT2D eigenvalue weighted by molar-refractivity contribution is 7.80. The number of nitrogens with one attached hydrogen (secondary N) is 3. The number of anilines is 2. The van der Waals surface area contributed by atoms with Crippen LogP contribution in [0, 0.1) is 0 Å². The Morgan fingerprint density at radius 3 is 1.94 bits per heavy atom. The number of halogens is 6. The summed E-state index contributed by atoms with van der Waals surface area (Å²) in [7, 11) is 0. The molecule has 6 nitrogen and oxygen atoms in total. The predicted molar refractivity (Wildman–Crippen MR) is 119 cm³/mol. The molecule has 0 aliphatic rings. The Labute approximate surface area is 198 Å². The second-order valence-electron chi connectivity index (χ2n) is 6.98. The number of rotatable bonds is 5. The van der Waals surface area contributed by atoms with Crippen molar-refractivity contribution in [1.82, 2.24) is 14.9 Å². The lowest BCUT2D eigenvalue weighted by molar-refractivity contribution is -0.143. The summed E-state index contributed by atoms with van der Waals surface area (Å²) in [4.78, 5) is 12.0. The van der Waals surface area contributed by atoms with Gasteiger partial charge in [-0.05, 0) is 78.7 Å². The predicted octanol–water partition coefficient (Wildman–Crippen LogP) is 5.88. The molecule has 0 saturated carbocycles. The number of benzene rings is 2. The zero-order valence-electron chi connectivity index (χ0n) is 17.1. The number of carbonyl (C=O) groups is 1. The van der Waals surface area contributed by atoms with Crippen LogP contribution < -0.4 is 16.0 Å². The lowest BCUT2D eigenvalue weighted by Crippen LogP contribution is -2.31. The molecule has 1 amide bonds. The largest absolute Gasteiger partial charge is 0.416 e. The summed E-state index contributed by atoms with van der Waals surface area (Å²) >= 11 is 6.16. The third kappa shape index (κ3) is 6.63. The number of aromatic nitrogens is 2. The summed E-state index contributed by atoms with van der Waals surface area (Å²) in [6.45, 7) is 1.38. The highest BCUT2D eigenvalue weighted by atomic mass is 32.1. The first kappa shape index (κ1) is 25.4. The summed E-state index contributed by atoms with van der Waals surface area (Å²) in [5.41, 5.74) is -1.96. The van der Waals surface area contributed by atoms with Gasteiger partial charge in [0.2, 0.25) is 0 Å². The van der Waals surface area contributed by atoms with Crippen LogP contribution in [0.1, 0.15) is 40.1 Å². The Balaban J connectivity index is 1.66. The van der Waals surface area contributed by atoms with Gasteiger partial charge in [0.25, 0.3) is 5.91 Å². The molecule has 34 heavy (non-hydrogen) atoms. The fourth-order valence-electron chi connectivity index (χ4n) is 2.77. The Morgan fingerprint density at radius 1 is 0.941 bits per heavy atom. The van der Waals surface area contributed by atoms with Crippen LogP contribution in [0.5, 0.6) is 0 Å². The summed E-state index contributed by atoms with van der Waals surface area (Å²) < 4.78 is 82.1. The Bertz CT molecular complexity index is 1130. The topological polar surface area (TPSA) is 78.9 Å². The van der Waals surface area contributed by atoms with Crippen LogP contribution in [-0.2, 0) is 12.4 Å². The van der Waals surface area contributed by atoms with E-state index in [1.165, 1.54) is 12.3 Å². The fraction of sp³-hybridized carbons (Fsp3) is 0.200. The lowest BCUT2D eigenvalue weighted by atomic mass is 10.0. The molecular formula is C20H15F6N5OS2. The van der Waals surface area contributed by atoms with Crippen molar-refractivity contribution in [1.29, 1.82) is 0 Å². The van der Waals surface area contributed by atoms with Gasteiger partial charge < -0.3 is 16.0 Å². The number of hydrogen-bond donors (Lipinski definition) is 3. The first-order valence-electron chi connectivity index (χ1n) is 9.38. The Hall–Kier alpha value is -3.26. The van der Waals surface area contributed by atoms with Gasteiger partial charge in [0.1, 0.15) is 0 Å². The van der Waals surface area contributed by atoms with Crippen molar-refractivity contribution in [2.75, 3.05) is 10.6 Å². The molecule has 0 bridgehead atoms. The zero-order valence-corrected chi connectivity index (χ0v) is 18.7. The minimum Gasteiger partial charge on any atom is -0.356 e. The highest BCUT2D eigenvalue weighted by Crippen LogP contribution is 2.37. The van der Waals surface area contributed by atoms with E-state index in [0.29, 0.717) is 23.5 Å². The molecule has 180 valence electrons. The van der Waals surface area contributed by atoms with Gasteiger partial charge in [0, 0.05) is 16.8 Å². The second-order valence-corrected chi connectivity index (χ2v) is 8.00. The van der Waals surface area contributed by atoms with Gasteiger partial charge in [-0.3, -0.25) is 4.79 Å². The van der Waals surface area contributed by atoms with Gasteiger partial charge in [-0.2, -0.15) is 26.3 Å². The van der Waals surface area contributed by atoms with E-state index in [1.807, 2.05) is 0 Å². The number of thiocarbonyl (C=S) groups is 1. The maximum atomic E-state index is 13.1. The quantitative estimate of drug-likeness (QED) is 0.289. The van der Waals surface area contributed by atoms with Crippen molar-refractivity contribution in [2.24, 2.45) is 0 Å². The molecule has 0 spiro atoms. The Morgan fingerprint density at radius 2 is 1.47 bits per heavy atom. The van der Waals surface area contributed by atoms with Crippen molar-refractivity contribution in [3.63, 3.8) is 0 Å². The molecular weight excluding hydrogens is 504 g/mol. The third-order valence-corrected chi connectivity index (χ3v) is 5.18. The second kappa shape index (κ2) is 9.93. The normalized spacial score (nSPS) is 12.7. The number of nitrogens with zero attached hydrogens (tertiary/aromatic N) is 2. The molecule has 3 aromatic rings. The SMILES string of the molecule is CC(NC(=S)Nc1ccc(NC(=O)c2csnn2)cc1)c1cc(C(F)(F)F)cc(C(F)(F)F)c1. The van der Waals surface area contributed by atoms with Gasteiger partial charge in [-0.15, -0.1) is 5.10 Å². The van der Waals surface area contributed by atoms with Gasteiger partial charge >= 0.3 is 12.4 Å². The molecule has 3 N–H and O–H groups in total. The van der Waals surface area contributed by atoms with Gasteiger partial charge in [0.05, 0.1) is 17.2 Å². The molecule has 0 radical (unpaired) electrons. The van der Waals surface area contributed by atoms with Crippen LogP contribution in [0.4, 0.5) is 37.7 Å². The van der Waals surface area contributed by atoms with Crippen LogP contribution in [0.25, 0.3) is 0 Å². The standard InChI is InChI=1S/C20H15F6N5OS2/c1-10(11-6-12(19(21,22)23)8-13(7-11)20(24,25)26)27-18(33)29-15-4-2-14(3-5-15)28-17(32)16-9-34-31-30-16/h2-10H,1H3,(H,28,32)(H2,27,29,33). The van der Waals surface area contributed by atoms with E-state index < -0.39 is 35.4 Å². The molecule has 0 fully saturated rings. The van der Waals surface area contributed by atoms with Crippen molar-refractivity contribution in [3.8, 4) is 0 Å². The maximum Gasteiger partial charge on any atom is 0.416 e. The smallest absolute Gasteiger partial charge is 0.356 e. The average molecular weight is 519 g/mol. The minimum atomic E-state index is -4.94. The van der Waals surface area contributed by atoms with Crippen LogP contribution in [0.2, 0.25) is 0 Å². The molecule has 3 rings (SSSR count). The maximum absolute atomic E-state index is 13.1. The van der Waals surface area contributed by atoms with E-state index in [2.05, 4.69) is 25.5 Å². The van der Waals surface area contributed by atoms with Crippen molar-refractivity contribution in [2.45, 2.75) is 25.3 Å². The monoisotopic (exact) mass is 519 g/mol. The van der Waals surface area contributed by atoms with E-state index in [0.717, 1.165) is 11.5 Å². The summed E-state index contributed by atoms with van der Waals surface area (Å²) in [5, 5.41) is 13.2. The van der Waals surface area contributed by atoms with Crippen LogP contribution in [-0.4, -0.2) is 20.6 Å². The lowest BCUT2D eigenvalue weighted by Gasteiger charge is -2.20. The molecule has 14 heteroatoms. The van der Waals surface area contributed by atoms with Gasteiger partial charge in [-0.25, -0.2) is 0 Å². The zero-order chi connectivity index (χ0) is 25.1. The molecule has 1 heterocycles. The number of alkyl halides is 6. The summed E-state index contributed by atoms with van der Waals surface area (Å²) in [5.74, 6) is -0.445. The van der Waals surface area contributed by atoms with Gasteiger partial charge in [0.15, 0.2) is 10.8 Å². The van der Waals surface area contributed by atoms with Crippen LogP contribution >= 0.6 is 23.8 Å². The summed E-state index contributed by atoms with van der Waals surface area (Å²) in [6.07, 6.45) is -9.89. The van der Waals surface area contributed by atoms with Crippen LogP contribution in [0.3, 0.4) is 0 Å². The van der Waals surface area contributed by atoms with E-state index >= 15 is 0 Å². The highest BCUT2D eigenvalue weighted by Gasteiger charge is 2.37. The van der Waals surface area contributed by atoms with E-state index in [1.54, 1.807) is 24.3 Å². The van der Waals surface area contributed by atoms with E-state index in [9.17, 15) is 31.1 Å². The molecule has 1 atom stereocenters. The van der Waals surface area contributed by atoms with Crippen molar-refractivity contribution in [3.05, 3.63) is 70.2 Å². The number of amides is 1. The third-order valence-electron chi connectivity index (χ3n) is 4.45. The number of carbonyl (C=O) groups excluding carboxylic acids is 1. The molecule has 1 aromatic heterocycles. The Kier molecular flexibility index (Phi) is 7.41. The molecule has 2 aromatic carbocycles. The molecule has 0 aliphatic heterocycles. The average Bonchev–Trinajstić information content (AvgIpc) is 3.28. The molecule has 1 unspecified atom stereocenters.